The summed E-state index contributed by atoms with van der Waals surface area (Å²) >= 11 is 3.42. The molecule has 4 rings (SSSR count). The van der Waals surface area contributed by atoms with E-state index in [1.54, 1.807) is 35.6 Å². The number of fused-ring (bicyclic) bond motifs is 1. The van der Waals surface area contributed by atoms with Gasteiger partial charge < -0.3 is 9.47 Å². The molecule has 1 fully saturated rings. The second-order valence-electron chi connectivity index (χ2n) is 7.34. The van der Waals surface area contributed by atoms with Crippen molar-refractivity contribution in [1.29, 1.82) is 0 Å². The number of carbonyl (C=O) groups excluding carboxylic acids is 1. The number of halogens is 1. The van der Waals surface area contributed by atoms with E-state index in [-0.39, 0.29) is 23.0 Å². The van der Waals surface area contributed by atoms with Crippen molar-refractivity contribution in [2.75, 3.05) is 18.8 Å². The summed E-state index contributed by atoms with van der Waals surface area (Å²) < 4.78 is 28.5. The van der Waals surface area contributed by atoms with E-state index in [2.05, 4.69) is 25.5 Å². The SMILES string of the molecule is O=C(CCS(=O)(=O)c1ccc2cc(Br)ccc2c1)N1CCC(n2ccnc2)CC1. The van der Waals surface area contributed by atoms with Crippen LogP contribution in [-0.2, 0) is 14.6 Å². The first-order valence-corrected chi connectivity index (χ1v) is 12.0. The number of piperidine rings is 1. The Balaban J connectivity index is 1.36. The summed E-state index contributed by atoms with van der Waals surface area (Å²) in [4.78, 5) is 18.7. The molecule has 1 saturated heterocycles. The number of sulfone groups is 1. The lowest BCUT2D eigenvalue weighted by atomic mass is 10.0. The Morgan fingerprint density at radius 2 is 1.83 bits per heavy atom. The van der Waals surface area contributed by atoms with Gasteiger partial charge in [0, 0.05) is 42.4 Å². The summed E-state index contributed by atoms with van der Waals surface area (Å²) in [7, 11) is -3.51. The van der Waals surface area contributed by atoms with Gasteiger partial charge in [0.2, 0.25) is 5.91 Å². The predicted octanol–water partition coefficient (Wildman–Crippen LogP) is 3.83. The monoisotopic (exact) mass is 475 g/mol. The highest BCUT2D eigenvalue weighted by atomic mass is 79.9. The second kappa shape index (κ2) is 8.28. The normalized spacial score (nSPS) is 15.7. The Morgan fingerprint density at radius 3 is 2.55 bits per heavy atom. The number of likely N-dealkylation sites (tertiary alicyclic amines) is 1. The van der Waals surface area contributed by atoms with Gasteiger partial charge in [-0.2, -0.15) is 0 Å². The third-order valence-electron chi connectivity index (χ3n) is 5.48. The molecule has 152 valence electrons. The van der Waals surface area contributed by atoms with Gasteiger partial charge in [0.25, 0.3) is 0 Å². The first-order chi connectivity index (χ1) is 13.9. The Morgan fingerprint density at radius 1 is 1.10 bits per heavy atom. The van der Waals surface area contributed by atoms with E-state index in [1.165, 1.54) is 0 Å². The molecule has 0 saturated carbocycles. The molecule has 29 heavy (non-hydrogen) atoms. The number of hydrogen-bond donors (Lipinski definition) is 0. The molecule has 2 heterocycles. The minimum absolute atomic E-state index is 0.0104. The van der Waals surface area contributed by atoms with Crippen molar-refractivity contribution in [1.82, 2.24) is 14.5 Å². The molecule has 2 aromatic carbocycles. The fraction of sp³-hybridized carbons (Fsp3) is 0.333. The molecule has 0 atom stereocenters. The van der Waals surface area contributed by atoms with Crippen molar-refractivity contribution in [3.05, 3.63) is 59.6 Å². The van der Waals surface area contributed by atoms with E-state index in [0.717, 1.165) is 28.1 Å². The van der Waals surface area contributed by atoms with Crippen molar-refractivity contribution < 1.29 is 13.2 Å². The molecule has 6 nitrogen and oxygen atoms in total. The Kier molecular flexibility index (Phi) is 5.74. The van der Waals surface area contributed by atoms with E-state index in [0.29, 0.717) is 19.1 Å². The quantitative estimate of drug-likeness (QED) is 0.561. The van der Waals surface area contributed by atoms with Crippen LogP contribution in [0.2, 0.25) is 0 Å². The standard InChI is InChI=1S/C21H22BrN3O3S/c22-18-3-1-17-14-20(4-2-16(17)13-18)29(27,28)12-7-21(26)24-9-5-19(6-10-24)25-11-8-23-15-25/h1-4,8,11,13-15,19H,5-7,9-10,12H2. The van der Waals surface area contributed by atoms with Crippen LogP contribution in [-0.4, -0.2) is 47.6 Å². The van der Waals surface area contributed by atoms with Crippen LogP contribution in [0.3, 0.4) is 0 Å². The maximum absolute atomic E-state index is 12.7. The van der Waals surface area contributed by atoms with Crippen LogP contribution in [0.15, 0.2) is 64.5 Å². The number of nitrogens with zero attached hydrogens (tertiary/aromatic N) is 3. The molecular weight excluding hydrogens is 454 g/mol. The molecule has 0 spiro atoms. The first-order valence-electron chi connectivity index (χ1n) is 9.60. The van der Waals surface area contributed by atoms with E-state index < -0.39 is 9.84 Å². The van der Waals surface area contributed by atoms with Crippen molar-refractivity contribution >= 4 is 42.4 Å². The van der Waals surface area contributed by atoms with E-state index in [9.17, 15) is 13.2 Å². The number of carbonyl (C=O) groups is 1. The number of aromatic nitrogens is 2. The number of imidazole rings is 1. The summed E-state index contributed by atoms with van der Waals surface area (Å²) in [6.45, 7) is 1.29. The lowest BCUT2D eigenvalue weighted by molar-refractivity contribution is -0.132. The first kappa shape index (κ1) is 20.1. The molecule has 1 aliphatic heterocycles. The topological polar surface area (TPSA) is 72.3 Å². The second-order valence-corrected chi connectivity index (χ2v) is 10.4. The highest BCUT2D eigenvalue weighted by molar-refractivity contribution is 9.10. The fourth-order valence-corrected chi connectivity index (χ4v) is 5.42. The average molecular weight is 476 g/mol. The Hall–Kier alpha value is -2.19. The molecule has 1 aliphatic rings. The van der Waals surface area contributed by atoms with Crippen LogP contribution < -0.4 is 0 Å². The maximum atomic E-state index is 12.7. The minimum atomic E-state index is -3.51. The molecule has 0 bridgehead atoms. The molecule has 0 aliphatic carbocycles. The molecule has 3 aromatic rings. The number of benzene rings is 2. The van der Waals surface area contributed by atoms with Crippen LogP contribution >= 0.6 is 15.9 Å². The zero-order valence-corrected chi connectivity index (χ0v) is 18.3. The minimum Gasteiger partial charge on any atom is -0.343 e. The zero-order chi connectivity index (χ0) is 20.4. The molecular formula is C21H22BrN3O3S. The van der Waals surface area contributed by atoms with Crippen molar-refractivity contribution in [2.45, 2.75) is 30.2 Å². The van der Waals surface area contributed by atoms with Gasteiger partial charge in [-0.05, 0) is 47.9 Å². The van der Waals surface area contributed by atoms with Crippen molar-refractivity contribution in [3.8, 4) is 0 Å². The van der Waals surface area contributed by atoms with Gasteiger partial charge in [-0.15, -0.1) is 0 Å². The number of amides is 1. The van der Waals surface area contributed by atoms with Gasteiger partial charge in [0.1, 0.15) is 0 Å². The summed E-state index contributed by atoms with van der Waals surface area (Å²) in [5.74, 6) is -0.266. The molecule has 0 unspecified atom stereocenters. The summed E-state index contributed by atoms with van der Waals surface area (Å²) in [6, 6.07) is 11.2. The van der Waals surface area contributed by atoms with Crippen LogP contribution in [0.5, 0.6) is 0 Å². The number of hydrogen-bond acceptors (Lipinski definition) is 4. The van der Waals surface area contributed by atoms with Crippen LogP contribution in [0.25, 0.3) is 10.8 Å². The summed E-state index contributed by atoms with van der Waals surface area (Å²) in [5, 5.41) is 1.83. The smallest absolute Gasteiger partial charge is 0.223 e. The van der Waals surface area contributed by atoms with Gasteiger partial charge in [-0.25, -0.2) is 13.4 Å². The highest BCUT2D eigenvalue weighted by Gasteiger charge is 2.25. The predicted molar refractivity (Wildman–Crippen MR) is 115 cm³/mol. The number of rotatable bonds is 5. The van der Waals surface area contributed by atoms with Crippen molar-refractivity contribution in [2.24, 2.45) is 0 Å². The van der Waals surface area contributed by atoms with Gasteiger partial charge >= 0.3 is 0 Å². The molecule has 0 N–H and O–H groups in total. The zero-order valence-electron chi connectivity index (χ0n) is 15.9. The van der Waals surface area contributed by atoms with E-state index >= 15 is 0 Å². The largest absolute Gasteiger partial charge is 0.343 e. The van der Waals surface area contributed by atoms with Gasteiger partial charge in [0.05, 0.1) is 17.0 Å². The summed E-state index contributed by atoms with van der Waals surface area (Å²) in [5.41, 5.74) is 0. The third-order valence-corrected chi connectivity index (χ3v) is 7.69. The van der Waals surface area contributed by atoms with Gasteiger partial charge in [0.15, 0.2) is 9.84 Å². The molecule has 1 aromatic heterocycles. The average Bonchev–Trinajstić information content (AvgIpc) is 3.26. The molecule has 1 amide bonds. The Labute approximate surface area is 178 Å². The van der Waals surface area contributed by atoms with Crippen molar-refractivity contribution in [3.63, 3.8) is 0 Å². The Bertz CT molecular complexity index is 1120. The lowest BCUT2D eigenvalue weighted by Crippen LogP contribution is -2.39. The lowest BCUT2D eigenvalue weighted by Gasteiger charge is -2.32. The summed E-state index contributed by atoms with van der Waals surface area (Å²) in [6.07, 6.45) is 7.22. The van der Waals surface area contributed by atoms with Gasteiger partial charge in [-0.1, -0.05) is 28.1 Å². The van der Waals surface area contributed by atoms with Crippen LogP contribution in [0, 0.1) is 0 Å². The fourth-order valence-electron chi connectivity index (χ4n) is 3.78. The van der Waals surface area contributed by atoms with Crippen LogP contribution in [0.1, 0.15) is 25.3 Å². The molecule has 8 heteroatoms. The van der Waals surface area contributed by atoms with Gasteiger partial charge in [-0.3, -0.25) is 4.79 Å². The van der Waals surface area contributed by atoms with E-state index in [1.807, 2.05) is 24.4 Å². The van der Waals surface area contributed by atoms with Crippen LogP contribution in [0.4, 0.5) is 0 Å². The third kappa shape index (κ3) is 4.53. The highest BCUT2D eigenvalue weighted by Crippen LogP contribution is 2.25. The molecule has 0 radical (unpaired) electrons. The van der Waals surface area contributed by atoms with E-state index in [4.69, 9.17) is 0 Å². The maximum Gasteiger partial charge on any atom is 0.223 e.